The Morgan fingerprint density at radius 1 is 1.13 bits per heavy atom. The molecule has 4 N–H and O–H groups in total. The molecule has 1 aromatic rings. The number of rotatable bonds is 3. The van der Waals surface area contributed by atoms with E-state index in [2.05, 4.69) is 27.5 Å². The average Bonchev–Trinajstić information content (AvgIpc) is 2.78. The summed E-state index contributed by atoms with van der Waals surface area (Å²) in [6.07, 6.45) is 1.35. The van der Waals surface area contributed by atoms with Gasteiger partial charge in [-0.15, -0.1) is 0 Å². The lowest BCUT2D eigenvalue weighted by atomic mass is 9.92. The van der Waals surface area contributed by atoms with E-state index in [4.69, 9.17) is 5.73 Å². The Labute approximate surface area is 177 Å². The molecule has 1 atom stereocenters. The molecule has 168 valence electrons. The molecular weight excluding hydrogens is 391 g/mol. The molecule has 0 spiro atoms. The maximum Gasteiger partial charge on any atom is 0.416 e. The number of hydrogen-bond acceptors (Lipinski definition) is 3. The summed E-state index contributed by atoms with van der Waals surface area (Å²) < 4.78 is 39.7. The molecule has 1 unspecified atom stereocenters. The monoisotopic (exact) mass is 425 g/mol. The first-order valence-corrected chi connectivity index (χ1v) is 10.5. The molecule has 30 heavy (non-hydrogen) atoms. The Morgan fingerprint density at radius 2 is 1.80 bits per heavy atom. The number of alkyl halides is 3. The lowest BCUT2D eigenvalue weighted by Gasteiger charge is -2.35. The highest BCUT2D eigenvalue weighted by Gasteiger charge is 2.37. The molecule has 0 saturated heterocycles. The minimum absolute atomic E-state index is 0.202. The van der Waals surface area contributed by atoms with E-state index in [9.17, 15) is 13.2 Å². The summed E-state index contributed by atoms with van der Waals surface area (Å²) in [5, 5.41) is 6.35. The largest absolute Gasteiger partial charge is 0.416 e. The van der Waals surface area contributed by atoms with Crippen molar-refractivity contribution in [2.45, 2.75) is 65.2 Å². The van der Waals surface area contributed by atoms with E-state index in [1.54, 1.807) is 13.1 Å². The number of hydrogen-bond donors (Lipinski definition) is 3. The van der Waals surface area contributed by atoms with Crippen molar-refractivity contribution in [1.82, 2.24) is 10.6 Å². The van der Waals surface area contributed by atoms with Crippen molar-refractivity contribution in [1.29, 1.82) is 0 Å². The predicted molar refractivity (Wildman–Crippen MR) is 118 cm³/mol. The number of nitrogens with zero attached hydrogens (tertiary/aromatic N) is 2. The van der Waals surface area contributed by atoms with Gasteiger partial charge in [-0.3, -0.25) is 9.98 Å². The zero-order valence-corrected chi connectivity index (χ0v) is 18.3. The van der Waals surface area contributed by atoms with Crippen LogP contribution in [0.4, 0.5) is 13.2 Å². The fraction of sp³-hybridized carbons (Fsp3) is 0.545. The van der Waals surface area contributed by atoms with Crippen LogP contribution in [0.1, 0.15) is 70.2 Å². The van der Waals surface area contributed by atoms with Crippen LogP contribution in [0.5, 0.6) is 0 Å². The van der Waals surface area contributed by atoms with Crippen molar-refractivity contribution in [3.63, 3.8) is 0 Å². The molecule has 5 nitrogen and oxygen atoms in total. The Hall–Kier alpha value is -2.51. The van der Waals surface area contributed by atoms with Crippen molar-refractivity contribution in [2.24, 2.45) is 15.7 Å². The highest BCUT2D eigenvalue weighted by Crippen LogP contribution is 2.36. The zero-order valence-electron chi connectivity index (χ0n) is 18.3. The Morgan fingerprint density at radius 3 is 2.37 bits per heavy atom. The van der Waals surface area contributed by atoms with Crippen LogP contribution in [0.3, 0.4) is 0 Å². The number of nitrogens with two attached hydrogens (primary N) is 1. The molecule has 1 aliphatic carbocycles. The number of benzene rings is 1. The fourth-order valence-electron chi connectivity index (χ4n) is 3.33. The van der Waals surface area contributed by atoms with Crippen LogP contribution in [-0.4, -0.2) is 25.8 Å². The smallest absolute Gasteiger partial charge is 0.390 e. The van der Waals surface area contributed by atoms with Gasteiger partial charge in [-0.05, 0) is 38.2 Å². The highest BCUT2D eigenvalue weighted by atomic mass is 19.4. The molecule has 0 fully saturated rings. The van der Waals surface area contributed by atoms with Gasteiger partial charge >= 0.3 is 6.18 Å². The van der Waals surface area contributed by atoms with Crippen molar-refractivity contribution in [3.8, 4) is 0 Å². The number of nitrogens with one attached hydrogen (secondary N) is 2. The fourth-order valence-corrected chi connectivity index (χ4v) is 3.33. The maximum absolute atomic E-state index is 13.2. The lowest BCUT2D eigenvalue weighted by molar-refractivity contribution is -0.138. The van der Waals surface area contributed by atoms with Gasteiger partial charge in [0.05, 0.1) is 11.9 Å². The highest BCUT2D eigenvalue weighted by molar-refractivity contribution is 6.00. The summed E-state index contributed by atoms with van der Waals surface area (Å²) in [6.45, 7) is 6.92. The first-order valence-electron chi connectivity index (χ1n) is 10.5. The van der Waals surface area contributed by atoms with Crippen LogP contribution in [-0.2, 0) is 6.18 Å². The van der Waals surface area contributed by atoms with E-state index in [1.807, 2.05) is 13.8 Å². The van der Waals surface area contributed by atoms with E-state index in [1.165, 1.54) is 18.5 Å². The van der Waals surface area contributed by atoms with Crippen molar-refractivity contribution in [3.05, 3.63) is 46.7 Å². The third kappa shape index (κ3) is 7.07. The van der Waals surface area contributed by atoms with E-state index >= 15 is 0 Å². The van der Waals surface area contributed by atoms with Gasteiger partial charge in [-0.2, -0.15) is 13.2 Å². The minimum Gasteiger partial charge on any atom is -0.390 e. The van der Waals surface area contributed by atoms with Crippen LogP contribution in [0.2, 0.25) is 0 Å². The van der Waals surface area contributed by atoms with Crippen LogP contribution in [0.25, 0.3) is 0 Å². The van der Waals surface area contributed by atoms with E-state index in [0.29, 0.717) is 5.84 Å². The predicted octanol–water partition coefficient (Wildman–Crippen LogP) is 5.16. The number of halogens is 3. The SMILES string of the molecule is CC.CCCN=CN.CN=C1NC(c2ccccc2C(F)(F)F)NC2=C1CCCC2. The van der Waals surface area contributed by atoms with Gasteiger partial charge in [0.25, 0.3) is 0 Å². The molecule has 1 aliphatic heterocycles. The van der Waals surface area contributed by atoms with Gasteiger partial charge in [-0.25, -0.2) is 0 Å². The van der Waals surface area contributed by atoms with Crippen LogP contribution in [0, 0.1) is 0 Å². The molecular formula is C22H34F3N5. The summed E-state index contributed by atoms with van der Waals surface area (Å²) in [5.41, 5.74) is 6.64. The van der Waals surface area contributed by atoms with Crippen molar-refractivity contribution < 1.29 is 13.2 Å². The quantitative estimate of drug-likeness (QED) is 0.462. The normalized spacial score (nSPS) is 19.7. The number of amidine groups is 1. The van der Waals surface area contributed by atoms with E-state index in [-0.39, 0.29) is 5.56 Å². The first-order chi connectivity index (χ1) is 14.4. The Bertz CT molecular complexity index is 739. The summed E-state index contributed by atoms with van der Waals surface area (Å²) >= 11 is 0. The van der Waals surface area contributed by atoms with E-state index < -0.39 is 17.9 Å². The van der Waals surface area contributed by atoms with Gasteiger partial charge in [-0.1, -0.05) is 39.0 Å². The third-order valence-corrected chi connectivity index (χ3v) is 4.61. The zero-order chi connectivity index (χ0) is 22.6. The van der Waals surface area contributed by atoms with Crippen molar-refractivity contribution in [2.75, 3.05) is 13.6 Å². The Balaban J connectivity index is 0.000000487. The Kier molecular flexibility index (Phi) is 11.0. The van der Waals surface area contributed by atoms with Gasteiger partial charge in [0.2, 0.25) is 0 Å². The molecule has 8 heteroatoms. The molecule has 1 heterocycles. The lowest BCUT2D eigenvalue weighted by Crippen LogP contribution is -2.45. The maximum atomic E-state index is 13.2. The average molecular weight is 426 g/mol. The van der Waals surface area contributed by atoms with Gasteiger partial charge < -0.3 is 16.4 Å². The summed E-state index contributed by atoms with van der Waals surface area (Å²) in [5.74, 6) is 0.704. The minimum atomic E-state index is -4.37. The van der Waals surface area contributed by atoms with E-state index in [0.717, 1.165) is 56.0 Å². The molecule has 3 rings (SSSR count). The standard InChI is InChI=1S/C16H18F3N3.C4H10N2.C2H6/c1-20-14-11-7-3-5-9-13(11)21-15(22-14)10-6-2-4-8-12(10)16(17,18)19;1-2-3-6-4-5;1-2/h2,4,6,8,15,21H,3,5,7,9H2,1H3,(H,20,22);4H,2-3H2,1H3,(H2,5,6);1-2H3. The van der Waals surface area contributed by atoms with Gasteiger partial charge in [0, 0.05) is 30.4 Å². The second-order valence-electron chi connectivity index (χ2n) is 6.60. The molecule has 1 aromatic carbocycles. The number of aliphatic imine (C=N–C) groups is 2. The molecule has 0 saturated carbocycles. The van der Waals surface area contributed by atoms with Crippen LogP contribution >= 0.6 is 0 Å². The molecule has 0 aromatic heterocycles. The van der Waals surface area contributed by atoms with Crippen LogP contribution < -0.4 is 16.4 Å². The summed E-state index contributed by atoms with van der Waals surface area (Å²) in [4.78, 5) is 7.97. The molecule has 0 radical (unpaired) electrons. The van der Waals surface area contributed by atoms with Crippen molar-refractivity contribution >= 4 is 12.2 Å². The third-order valence-electron chi connectivity index (χ3n) is 4.61. The first kappa shape index (κ1) is 25.5. The van der Waals surface area contributed by atoms with Gasteiger partial charge in [0.15, 0.2) is 0 Å². The topological polar surface area (TPSA) is 74.8 Å². The molecule has 2 aliphatic rings. The van der Waals surface area contributed by atoms with Gasteiger partial charge in [0.1, 0.15) is 12.0 Å². The molecule has 0 bridgehead atoms. The summed E-state index contributed by atoms with van der Waals surface area (Å²) in [6, 6.07) is 5.66. The van der Waals surface area contributed by atoms with Crippen LogP contribution in [0.15, 0.2) is 45.5 Å². The summed E-state index contributed by atoms with van der Waals surface area (Å²) in [7, 11) is 1.67. The number of allylic oxidation sites excluding steroid dienone is 1. The second-order valence-corrected chi connectivity index (χ2v) is 6.60. The molecule has 0 amide bonds. The second kappa shape index (κ2) is 12.9.